The van der Waals surface area contributed by atoms with Gasteiger partial charge in [0.2, 0.25) is 5.91 Å². The monoisotopic (exact) mass is 460 g/mol. The molecule has 0 bridgehead atoms. The molecule has 174 valence electrons. The molecule has 8 nitrogen and oxygen atoms in total. The highest BCUT2D eigenvalue weighted by Crippen LogP contribution is 2.26. The van der Waals surface area contributed by atoms with Crippen LogP contribution >= 0.6 is 0 Å². The Kier molecular flexibility index (Phi) is 7.30. The first-order chi connectivity index (χ1) is 15.1. The highest BCUT2D eigenvalue weighted by Gasteiger charge is 2.31. The summed E-state index contributed by atoms with van der Waals surface area (Å²) in [6.45, 7) is 5.97. The number of aryl methyl sites for hydroxylation is 2. The Morgan fingerprint density at radius 2 is 1.62 bits per heavy atom. The molecule has 1 heterocycles. The summed E-state index contributed by atoms with van der Waals surface area (Å²) < 4.78 is 33.7. The molecule has 0 aliphatic carbocycles. The molecular formula is C23H32N4O4S. The minimum atomic E-state index is -3.83. The van der Waals surface area contributed by atoms with Crippen molar-refractivity contribution >= 4 is 27.5 Å². The van der Waals surface area contributed by atoms with Crippen molar-refractivity contribution in [2.75, 3.05) is 63.1 Å². The van der Waals surface area contributed by atoms with Crippen molar-refractivity contribution in [1.82, 2.24) is 9.21 Å². The number of piperazine rings is 1. The lowest BCUT2D eigenvalue weighted by atomic mass is 10.1. The van der Waals surface area contributed by atoms with Crippen LogP contribution in [0.1, 0.15) is 11.1 Å². The van der Waals surface area contributed by atoms with Crippen LogP contribution in [0.5, 0.6) is 5.75 Å². The molecule has 0 unspecified atom stereocenters. The van der Waals surface area contributed by atoms with Crippen molar-refractivity contribution in [3.63, 3.8) is 0 Å². The van der Waals surface area contributed by atoms with Crippen molar-refractivity contribution in [3.8, 4) is 5.75 Å². The first kappa shape index (κ1) is 23.9. The number of benzene rings is 2. The highest BCUT2D eigenvalue weighted by atomic mass is 32.2. The molecule has 32 heavy (non-hydrogen) atoms. The predicted molar refractivity (Wildman–Crippen MR) is 128 cm³/mol. The number of rotatable bonds is 7. The summed E-state index contributed by atoms with van der Waals surface area (Å²) in [5.74, 6) is 0.599. The molecule has 3 rings (SSSR count). The van der Waals surface area contributed by atoms with E-state index in [-0.39, 0.29) is 12.5 Å². The molecular weight excluding hydrogens is 428 g/mol. The second kappa shape index (κ2) is 9.79. The van der Waals surface area contributed by atoms with E-state index in [1.165, 1.54) is 18.4 Å². The van der Waals surface area contributed by atoms with Crippen molar-refractivity contribution < 1.29 is 17.9 Å². The summed E-state index contributed by atoms with van der Waals surface area (Å²) >= 11 is 0. The van der Waals surface area contributed by atoms with E-state index in [9.17, 15) is 13.2 Å². The normalized spacial score (nSPS) is 14.6. The van der Waals surface area contributed by atoms with Gasteiger partial charge in [-0.15, -0.1) is 0 Å². The van der Waals surface area contributed by atoms with E-state index in [2.05, 4.69) is 4.90 Å². The zero-order valence-corrected chi connectivity index (χ0v) is 20.2. The van der Waals surface area contributed by atoms with E-state index in [0.29, 0.717) is 31.9 Å². The molecule has 0 saturated carbocycles. The van der Waals surface area contributed by atoms with Gasteiger partial charge in [0.15, 0.2) is 0 Å². The molecule has 2 aromatic rings. The quantitative estimate of drug-likeness (QED) is 0.634. The summed E-state index contributed by atoms with van der Waals surface area (Å²) in [6.07, 6.45) is 0. The first-order valence-corrected chi connectivity index (χ1v) is 12.0. The zero-order chi connectivity index (χ0) is 23.5. The standard InChI is InChI=1S/C23H32N4O4S/c1-18-6-7-19(2)22(16-18)27(32(29,30)24(3)4)17-23(28)26-14-12-25(13-15-26)20-8-10-21(31-5)11-9-20/h6-11,16H,12-15,17H2,1-5H3. The number of carbonyl (C=O) groups excluding carboxylic acids is 1. The van der Waals surface area contributed by atoms with E-state index >= 15 is 0 Å². The number of hydrogen-bond acceptors (Lipinski definition) is 5. The van der Waals surface area contributed by atoms with E-state index < -0.39 is 10.2 Å². The van der Waals surface area contributed by atoms with Gasteiger partial charge < -0.3 is 14.5 Å². The topological polar surface area (TPSA) is 73.4 Å². The maximum absolute atomic E-state index is 13.1. The van der Waals surface area contributed by atoms with Crippen LogP contribution in [0.15, 0.2) is 42.5 Å². The van der Waals surface area contributed by atoms with Gasteiger partial charge in [-0.2, -0.15) is 12.7 Å². The van der Waals surface area contributed by atoms with Crippen LogP contribution in [0.25, 0.3) is 0 Å². The predicted octanol–water partition coefficient (Wildman–Crippen LogP) is 2.27. The fourth-order valence-corrected chi connectivity index (χ4v) is 4.82. The summed E-state index contributed by atoms with van der Waals surface area (Å²) in [4.78, 5) is 17.1. The molecule has 0 atom stereocenters. The Bertz CT molecular complexity index is 1050. The van der Waals surface area contributed by atoms with Crippen LogP contribution < -0.4 is 13.9 Å². The molecule has 0 radical (unpaired) electrons. The molecule has 9 heteroatoms. The molecule has 1 aliphatic rings. The third kappa shape index (κ3) is 5.16. The lowest BCUT2D eigenvalue weighted by Crippen LogP contribution is -2.53. The van der Waals surface area contributed by atoms with Crippen LogP contribution in [0.3, 0.4) is 0 Å². The number of hydrogen-bond donors (Lipinski definition) is 0. The first-order valence-electron chi connectivity index (χ1n) is 10.6. The number of carbonyl (C=O) groups is 1. The molecule has 1 aliphatic heterocycles. The molecule has 1 saturated heterocycles. The fraction of sp³-hybridized carbons (Fsp3) is 0.435. The van der Waals surface area contributed by atoms with Crippen molar-refractivity contribution in [1.29, 1.82) is 0 Å². The third-order valence-electron chi connectivity index (χ3n) is 5.72. The molecule has 0 N–H and O–H groups in total. The molecule has 0 aromatic heterocycles. The van der Waals surface area contributed by atoms with Crippen molar-refractivity contribution in [2.24, 2.45) is 0 Å². The summed E-state index contributed by atoms with van der Waals surface area (Å²) in [6, 6.07) is 13.5. The lowest BCUT2D eigenvalue weighted by Gasteiger charge is -2.37. The van der Waals surface area contributed by atoms with Gasteiger partial charge in [-0.3, -0.25) is 4.79 Å². The van der Waals surface area contributed by atoms with Gasteiger partial charge in [0, 0.05) is 46.0 Å². The van der Waals surface area contributed by atoms with Crippen LogP contribution in [0.2, 0.25) is 0 Å². The maximum atomic E-state index is 13.1. The van der Waals surface area contributed by atoms with Gasteiger partial charge in [0.1, 0.15) is 12.3 Å². The highest BCUT2D eigenvalue weighted by molar-refractivity contribution is 7.90. The van der Waals surface area contributed by atoms with Crippen LogP contribution in [-0.2, 0) is 15.0 Å². The van der Waals surface area contributed by atoms with Gasteiger partial charge in [0.05, 0.1) is 12.8 Å². The minimum Gasteiger partial charge on any atom is -0.497 e. The number of methoxy groups -OCH3 is 1. The Balaban J connectivity index is 1.73. The smallest absolute Gasteiger partial charge is 0.304 e. The summed E-state index contributed by atoms with van der Waals surface area (Å²) in [5, 5.41) is 0. The number of ether oxygens (including phenoxy) is 1. The molecule has 1 fully saturated rings. The van der Waals surface area contributed by atoms with Crippen LogP contribution in [-0.4, -0.2) is 77.5 Å². The van der Waals surface area contributed by atoms with E-state index in [1.807, 2.05) is 56.3 Å². The van der Waals surface area contributed by atoms with E-state index in [0.717, 1.165) is 26.9 Å². The van der Waals surface area contributed by atoms with Crippen molar-refractivity contribution in [3.05, 3.63) is 53.6 Å². The third-order valence-corrected chi connectivity index (χ3v) is 7.53. The Labute approximate surface area is 191 Å². The molecule has 1 amide bonds. The molecule has 0 spiro atoms. The Morgan fingerprint density at radius 3 is 2.19 bits per heavy atom. The van der Waals surface area contributed by atoms with E-state index in [4.69, 9.17) is 4.74 Å². The Hall–Kier alpha value is -2.78. The van der Waals surface area contributed by atoms with Gasteiger partial charge in [-0.1, -0.05) is 12.1 Å². The number of amides is 1. The second-order valence-corrected chi connectivity index (χ2v) is 10.2. The SMILES string of the molecule is COc1ccc(N2CCN(C(=O)CN(c3cc(C)ccc3C)S(=O)(=O)N(C)C)CC2)cc1. The zero-order valence-electron chi connectivity index (χ0n) is 19.4. The van der Waals surface area contributed by atoms with E-state index in [1.54, 1.807) is 12.0 Å². The minimum absolute atomic E-state index is 0.203. The summed E-state index contributed by atoms with van der Waals surface area (Å²) in [5.41, 5.74) is 3.34. The lowest BCUT2D eigenvalue weighted by molar-refractivity contribution is -0.129. The van der Waals surface area contributed by atoms with Crippen LogP contribution in [0.4, 0.5) is 11.4 Å². The van der Waals surface area contributed by atoms with Gasteiger partial charge in [0.25, 0.3) is 0 Å². The average Bonchev–Trinajstić information content (AvgIpc) is 2.79. The maximum Gasteiger partial charge on any atom is 0.304 e. The van der Waals surface area contributed by atoms with Crippen molar-refractivity contribution in [2.45, 2.75) is 13.8 Å². The largest absolute Gasteiger partial charge is 0.497 e. The molecule has 2 aromatic carbocycles. The van der Waals surface area contributed by atoms with Gasteiger partial charge >= 0.3 is 10.2 Å². The van der Waals surface area contributed by atoms with Gasteiger partial charge in [-0.05, 0) is 55.3 Å². The number of nitrogens with zero attached hydrogens (tertiary/aromatic N) is 4. The van der Waals surface area contributed by atoms with Crippen LogP contribution in [0, 0.1) is 13.8 Å². The number of anilines is 2. The fourth-order valence-electron chi connectivity index (χ4n) is 3.71. The second-order valence-electron chi connectivity index (χ2n) is 8.15. The summed E-state index contributed by atoms with van der Waals surface area (Å²) in [7, 11) is 0.763. The van der Waals surface area contributed by atoms with Gasteiger partial charge in [-0.25, -0.2) is 4.31 Å². The Morgan fingerprint density at radius 1 is 1.00 bits per heavy atom. The average molecular weight is 461 g/mol.